The zero-order chi connectivity index (χ0) is 27.6. The molecule has 6 nitrogen and oxygen atoms in total. The van der Waals surface area contributed by atoms with E-state index in [0.717, 1.165) is 14.8 Å². The Morgan fingerprint density at radius 1 is 0.921 bits per heavy atom. The van der Waals surface area contributed by atoms with Gasteiger partial charge in [0.05, 0.1) is 11.0 Å². The predicted octanol–water partition coefficient (Wildman–Crippen LogP) is 4.75. The van der Waals surface area contributed by atoms with Crippen LogP contribution in [0.5, 0.6) is 0 Å². The van der Waals surface area contributed by atoms with Crippen molar-refractivity contribution < 1.29 is 26.9 Å². The quantitative estimate of drug-likeness (QED) is 0.290. The van der Waals surface area contributed by atoms with E-state index in [1.807, 2.05) is 81.4 Å². The normalized spacial score (nSPS) is 22.3. The van der Waals surface area contributed by atoms with Crippen molar-refractivity contribution >= 4 is 51.4 Å². The Morgan fingerprint density at radius 3 is 1.92 bits per heavy atom. The molecule has 3 aromatic carbocycles. The first-order valence-electron chi connectivity index (χ1n) is 12.6. The topological polar surface area (TPSA) is 89.9 Å². The highest BCUT2D eigenvalue weighted by Gasteiger charge is 2.52. The van der Waals surface area contributed by atoms with Crippen molar-refractivity contribution in [2.75, 3.05) is 0 Å². The zero-order valence-electron chi connectivity index (χ0n) is 21.7. The monoisotopic (exact) mass is 616 g/mol. The fourth-order valence-corrected chi connectivity index (χ4v) is 8.93. The summed E-state index contributed by atoms with van der Waals surface area (Å²) in [5.74, 6) is -1.23. The summed E-state index contributed by atoms with van der Waals surface area (Å²) in [5.41, 5.74) is -1.89. The number of benzene rings is 3. The van der Waals surface area contributed by atoms with E-state index in [2.05, 4.69) is 15.9 Å². The SMILES string of the molecule is CC(C)(C)[C@@H]1C[C@@H](OS(=O)(=O)c2ccc(Br)cc2)C[C@@](O[SiH](c2ccccc2)c2ccccc2)(C(=O)O)C1. The maximum Gasteiger partial charge on any atom is 0.334 e. The lowest BCUT2D eigenvalue weighted by Crippen LogP contribution is -2.59. The molecule has 1 saturated carbocycles. The van der Waals surface area contributed by atoms with Gasteiger partial charge >= 0.3 is 5.97 Å². The number of carboxylic acid groups (broad SMARTS) is 1. The minimum atomic E-state index is -4.11. The predicted molar refractivity (Wildman–Crippen MR) is 154 cm³/mol. The highest BCUT2D eigenvalue weighted by molar-refractivity contribution is 9.10. The van der Waals surface area contributed by atoms with Crippen LogP contribution in [-0.2, 0) is 23.5 Å². The van der Waals surface area contributed by atoms with Crippen molar-refractivity contribution in [1.82, 2.24) is 0 Å². The first kappa shape index (κ1) is 28.7. The van der Waals surface area contributed by atoms with E-state index in [0.29, 0.717) is 6.42 Å². The molecular formula is C29H33BrO6SSi. The van der Waals surface area contributed by atoms with Crippen molar-refractivity contribution in [1.29, 1.82) is 0 Å². The smallest absolute Gasteiger partial charge is 0.334 e. The van der Waals surface area contributed by atoms with Crippen LogP contribution in [0.15, 0.2) is 94.3 Å². The molecule has 3 aromatic rings. The van der Waals surface area contributed by atoms with Crippen LogP contribution in [0, 0.1) is 11.3 Å². The molecule has 0 amide bonds. The molecule has 1 fully saturated rings. The van der Waals surface area contributed by atoms with Gasteiger partial charge < -0.3 is 9.53 Å². The molecule has 0 unspecified atom stereocenters. The average Bonchev–Trinajstić information content (AvgIpc) is 2.87. The lowest BCUT2D eigenvalue weighted by atomic mass is 9.66. The maximum absolute atomic E-state index is 13.2. The Bertz CT molecular complexity index is 1300. The van der Waals surface area contributed by atoms with Gasteiger partial charge in [0.1, 0.15) is 0 Å². The van der Waals surface area contributed by atoms with Gasteiger partial charge in [0.15, 0.2) is 5.60 Å². The fourth-order valence-electron chi connectivity index (χ4n) is 5.03. The van der Waals surface area contributed by atoms with Gasteiger partial charge in [-0.2, -0.15) is 8.42 Å². The largest absolute Gasteiger partial charge is 0.479 e. The van der Waals surface area contributed by atoms with Crippen LogP contribution in [0.3, 0.4) is 0 Å². The van der Waals surface area contributed by atoms with E-state index >= 15 is 0 Å². The molecule has 38 heavy (non-hydrogen) atoms. The summed E-state index contributed by atoms with van der Waals surface area (Å²) in [5, 5.41) is 12.6. The standard InChI is InChI=1S/C29H33BrO6SSi/c1-28(2,3)21-18-23(35-37(33,34)24-16-14-22(30)15-17-24)20-29(19-21,27(31)32)36-38(25-10-6-4-7-11-25)26-12-8-5-9-13-26/h4-17,21,23,38H,18-20H2,1-3H3,(H,31,32)/t21-,23-,29-/m1/s1. The third-order valence-corrected chi connectivity index (χ3v) is 11.8. The minimum absolute atomic E-state index is 0.0289. The van der Waals surface area contributed by atoms with Crippen molar-refractivity contribution in [2.24, 2.45) is 11.3 Å². The van der Waals surface area contributed by atoms with Crippen LogP contribution in [-0.4, -0.2) is 40.2 Å². The maximum atomic E-state index is 13.2. The van der Waals surface area contributed by atoms with Crippen LogP contribution in [0.4, 0.5) is 0 Å². The number of hydrogen-bond acceptors (Lipinski definition) is 5. The molecule has 0 aromatic heterocycles. The molecule has 0 aliphatic heterocycles. The van der Waals surface area contributed by atoms with E-state index in [1.165, 1.54) is 12.1 Å². The van der Waals surface area contributed by atoms with E-state index in [-0.39, 0.29) is 29.1 Å². The van der Waals surface area contributed by atoms with Gasteiger partial charge in [-0.15, -0.1) is 0 Å². The van der Waals surface area contributed by atoms with Crippen LogP contribution >= 0.6 is 15.9 Å². The second-order valence-electron chi connectivity index (χ2n) is 11.0. The molecule has 1 aliphatic carbocycles. The van der Waals surface area contributed by atoms with Gasteiger partial charge in [-0.3, -0.25) is 4.18 Å². The molecule has 3 atom stereocenters. The molecule has 4 rings (SSSR count). The van der Waals surface area contributed by atoms with Gasteiger partial charge in [0.2, 0.25) is 9.04 Å². The molecule has 0 heterocycles. The number of halogens is 1. The lowest BCUT2D eigenvalue weighted by molar-refractivity contribution is -0.166. The number of rotatable bonds is 8. The summed E-state index contributed by atoms with van der Waals surface area (Å²) in [7, 11) is -6.58. The molecule has 0 saturated heterocycles. The first-order chi connectivity index (χ1) is 17.9. The third-order valence-electron chi connectivity index (χ3n) is 7.21. The molecule has 0 radical (unpaired) electrons. The average molecular weight is 618 g/mol. The molecule has 0 spiro atoms. The summed E-state index contributed by atoms with van der Waals surface area (Å²) in [6.07, 6.45) is -0.222. The highest BCUT2D eigenvalue weighted by atomic mass is 79.9. The Morgan fingerprint density at radius 2 is 1.45 bits per heavy atom. The molecular weight excluding hydrogens is 584 g/mol. The van der Waals surface area contributed by atoms with Gasteiger partial charge in [0, 0.05) is 10.9 Å². The van der Waals surface area contributed by atoms with E-state index < -0.39 is 36.8 Å². The van der Waals surface area contributed by atoms with Gasteiger partial charge in [-0.25, -0.2) is 4.79 Å². The van der Waals surface area contributed by atoms with Crippen molar-refractivity contribution in [3.8, 4) is 0 Å². The number of hydrogen-bond donors (Lipinski definition) is 1. The molecule has 9 heteroatoms. The second-order valence-corrected chi connectivity index (χ2v) is 15.8. The minimum Gasteiger partial charge on any atom is -0.479 e. The summed E-state index contributed by atoms with van der Waals surface area (Å²) in [6, 6.07) is 25.6. The van der Waals surface area contributed by atoms with Crippen molar-refractivity contribution in [2.45, 2.75) is 56.6 Å². The number of carboxylic acids is 1. The number of aliphatic carboxylic acids is 1. The zero-order valence-corrected chi connectivity index (χ0v) is 25.3. The second kappa shape index (κ2) is 11.4. The summed E-state index contributed by atoms with van der Waals surface area (Å²) < 4.78 is 39.7. The number of carbonyl (C=O) groups is 1. The van der Waals surface area contributed by atoms with E-state index in [9.17, 15) is 18.3 Å². The Labute approximate surface area is 235 Å². The Balaban J connectivity index is 1.73. The molecule has 0 bridgehead atoms. The van der Waals surface area contributed by atoms with Crippen LogP contribution < -0.4 is 10.4 Å². The van der Waals surface area contributed by atoms with Crippen LogP contribution in [0.25, 0.3) is 0 Å². The Hall–Kier alpha value is -2.30. The van der Waals surface area contributed by atoms with E-state index in [4.69, 9.17) is 8.61 Å². The lowest BCUT2D eigenvalue weighted by Gasteiger charge is -2.46. The van der Waals surface area contributed by atoms with E-state index in [1.54, 1.807) is 12.1 Å². The van der Waals surface area contributed by atoms with Gasteiger partial charge in [-0.1, -0.05) is 97.4 Å². The summed E-state index contributed by atoms with van der Waals surface area (Å²) in [4.78, 5) is 13.1. The Kier molecular flexibility index (Phi) is 8.64. The summed E-state index contributed by atoms with van der Waals surface area (Å²) >= 11 is 3.32. The fraction of sp³-hybridized carbons (Fsp3) is 0.345. The van der Waals surface area contributed by atoms with Crippen LogP contribution in [0.1, 0.15) is 40.0 Å². The molecule has 1 aliphatic rings. The molecule has 202 valence electrons. The highest BCUT2D eigenvalue weighted by Crippen LogP contribution is 2.45. The van der Waals surface area contributed by atoms with Gasteiger partial charge in [-0.05, 0) is 58.8 Å². The summed E-state index contributed by atoms with van der Waals surface area (Å²) in [6.45, 7) is 6.12. The first-order valence-corrected chi connectivity index (χ1v) is 16.4. The third kappa shape index (κ3) is 6.63. The van der Waals surface area contributed by atoms with Gasteiger partial charge in [0.25, 0.3) is 10.1 Å². The van der Waals surface area contributed by atoms with Crippen LogP contribution in [0.2, 0.25) is 0 Å². The molecule has 1 N–H and O–H groups in total. The van der Waals surface area contributed by atoms with Crippen molar-refractivity contribution in [3.05, 3.63) is 89.4 Å². The van der Waals surface area contributed by atoms with Crippen molar-refractivity contribution in [3.63, 3.8) is 0 Å².